The number of aromatic nitrogens is 2. The minimum atomic E-state index is -3.74. The Hall–Kier alpha value is -2.33. The lowest BCUT2D eigenvalue weighted by molar-refractivity contribution is -0.119. The Bertz CT molecular complexity index is 1130. The molecule has 3 aliphatic heterocycles. The largest absolute Gasteiger partial charge is 0.342 e. The molecule has 1 aliphatic carbocycles. The highest BCUT2D eigenvalue weighted by atomic mass is 32.2. The third kappa shape index (κ3) is 2.65. The summed E-state index contributed by atoms with van der Waals surface area (Å²) in [6.45, 7) is 5.12. The number of azo groups is 1. The van der Waals surface area contributed by atoms with E-state index >= 15 is 0 Å². The second-order valence-electron chi connectivity index (χ2n) is 9.14. The predicted octanol–water partition coefficient (Wildman–Crippen LogP) is 1.72. The molecule has 0 saturated carbocycles. The number of nitrogens with zero attached hydrogens (tertiary/aromatic N) is 5. The number of dihydropyridines is 1. The lowest BCUT2D eigenvalue weighted by Crippen LogP contribution is -2.45. The maximum absolute atomic E-state index is 13.3. The maximum Gasteiger partial charge on any atom is 0.262 e. The van der Waals surface area contributed by atoms with Crippen molar-refractivity contribution in [3.05, 3.63) is 34.9 Å². The van der Waals surface area contributed by atoms with E-state index in [0.717, 1.165) is 23.3 Å². The minimum Gasteiger partial charge on any atom is -0.342 e. The quantitative estimate of drug-likeness (QED) is 0.790. The summed E-state index contributed by atoms with van der Waals surface area (Å²) >= 11 is 0. The van der Waals surface area contributed by atoms with Gasteiger partial charge < -0.3 is 5.32 Å². The zero-order valence-corrected chi connectivity index (χ0v) is 17.6. The van der Waals surface area contributed by atoms with Crippen LogP contribution in [-0.4, -0.2) is 47.9 Å². The number of aryl methyl sites for hydroxylation is 1. The second kappa shape index (κ2) is 5.85. The van der Waals surface area contributed by atoms with Crippen molar-refractivity contribution in [2.24, 2.45) is 28.1 Å². The summed E-state index contributed by atoms with van der Waals surface area (Å²) in [4.78, 5) is 13.3. The van der Waals surface area contributed by atoms with Gasteiger partial charge in [-0.3, -0.25) is 9.48 Å². The van der Waals surface area contributed by atoms with Crippen LogP contribution in [0.5, 0.6) is 0 Å². The molecule has 154 valence electrons. The van der Waals surface area contributed by atoms with Crippen LogP contribution >= 0.6 is 0 Å². The molecule has 1 fully saturated rings. The third-order valence-electron chi connectivity index (χ3n) is 6.41. The smallest absolute Gasteiger partial charge is 0.262 e. The van der Waals surface area contributed by atoms with Crippen LogP contribution in [0.2, 0.25) is 0 Å². The van der Waals surface area contributed by atoms with Crippen LogP contribution in [0, 0.1) is 10.8 Å². The molecule has 10 heteroatoms. The molecule has 1 N–H and O–H groups in total. The van der Waals surface area contributed by atoms with Crippen LogP contribution in [0.15, 0.2) is 50.2 Å². The van der Waals surface area contributed by atoms with Crippen molar-refractivity contribution in [2.45, 2.75) is 38.1 Å². The standard InChI is InChI=1S/C19H24N6O3S/c1-18(2)8-13-16(14(26)9-18)19(12-10-20-22-17(12)21-13)5-7-25(11-19)29(27,28)15-4-6-24(3)23-15/h4,6,21H,5,7-11H2,1-3H3/t19-/m1/s1. The molecule has 9 nitrogen and oxygen atoms in total. The molecule has 1 spiro atoms. The molecular formula is C19H24N6O3S. The monoisotopic (exact) mass is 416 g/mol. The van der Waals surface area contributed by atoms with E-state index in [2.05, 4.69) is 34.5 Å². The summed E-state index contributed by atoms with van der Waals surface area (Å²) in [6, 6.07) is 1.51. The van der Waals surface area contributed by atoms with Crippen molar-refractivity contribution in [3.63, 3.8) is 0 Å². The maximum atomic E-state index is 13.3. The van der Waals surface area contributed by atoms with Gasteiger partial charge in [-0.25, -0.2) is 8.42 Å². The van der Waals surface area contributed by atoms with Crippen LogP contribution in [0.4, 0.5) is 0 Å². The second-order valence-corrected chi connectivity index (χ2v) is 11.0. The zero-order chi connectivity index (χ0) is 20.6. The van der Waals surface area contributed by atoms with E-state index in [0.29, 0.717) is 31.8 Å². The fourth-order valence-corrected chi connectivity index (χ4v) is 6.61. The van der Waals surface area contributed by atoms with Crippen molar-refractivity contribution < 1.29 is 13.2 Å². The molecule has 0 amide bonds. The van der Waals surface area contributed by atoms with E-state index in [1.165, 1.54) is 15.1 Å². The van der Waals surface area contributed by atoms with E-state index in [1.807, 2.05) is 0 Å². The molecule has 4 aliphatic rings. The van der Waals surface area contributed by atoms with Crippen molar-refractivity contribution in [1.29, 1.82) is 0 Å². The van der Waals surface area contributed by atoms with Crippen molar-refractivity contribution >= 4 is 15.8 Å². The molecule has 1 saturated heterocycles. The van der Waals surface area contributed by atoms with E-state index in [4.69, 9.17) is 0 Å². The Kier molecular flexibility index (Phi) is 3.77. The van der Waals surface area contributed by atoms with E-state index in [1.54, 1.807) is 13.2 Å². The number of allylic oxidation sites excluding steroid dienone is 1. The molecule has 0 bridgehead atoms. The first-order chi connectivity index (χ1) is 13.6. The van der Waals surface area contributed by atoms with Gasteiger partial charge in [-0.05, 0) is 24.3 Å². The van der Waals surface area contributed by atoms with Gasteiger partial charge in [-0.1, -0.05) is 13.8 Å². The zero-order valence-electron chi connectivity index (χ0n) is 16.8. The molecule has 0 unspecified atom stereocenters. The van der Waals surface area contributed by atoms with Crippen molar-refractivity contribution in [3.8, 4) is 0 Å². The van der Waals surface area contributed by atoms with Crippen molar-refractivity contribution in [1.82, 2.24) is 19.4 Å². The van der Waals surface area contributed by atoms with E-state index in [-0.39, 0.29) is 22.8 Å². The number of ketones is 1. The number of hydrogen-bond donors (Lipinski definition) is 1. The Morgan fingerprint density at radius 2 is 2.03 bits per heavy atom. The SMILES string of the molecule is Cn1ccc(S(=O)(=O)N2CC[C@@]3(C2)C2=C(N=NC2)NC2=C3C(=O)CC(C)(C)C2)n1. The first kappa shape index (κ1) is 18.7. The average molecular weight is 417 g/mol. The Morgan fingerprint density at radius 1 is 1.24 bits per heavy atom. The highest BCUT2D eigenvalue weighted by Gasteiger charge is 2.56. The van der Waals surface area contributed by atoms with Gasteiger partial charge in [-0.15, -0.1) is 5.11 Å². The number of nitrogens with one attached hydrogen (secondary N) is 1. The lowest BCUT2D eigenvalue weighted by Gasteiger charge is -2.43. The Labute approximate surface area is 169 Å². The van der Waals surface area contributed by atoms with E-state index in [9.17, 15) is 13.2 Å². The highest BCUT2D eigenvalue weighted by Crippen LogP contribution is 2.54. The molecule has 1 aromatic heterocycles. The Morgan fingerprint density at radius 3 is 2.76 bits per heavy atom. The van der Waals surface area contributed by atoms with Gasteiger partial charge in [0, 0.05) is 55.0 Å². The number of carbonyl (C=O) groups is 1. The van der Waals surface area contributed by atoms with Crippen LogP contribution in [-0.2, 0) is 21.9 Å². The lowest BCUT2D eigenvalue weighted by atomic mass is 9.63. The number of sulfonamides is 1. The number of rotatable bonds is 2. The molecule has 0 radical (unpaired) electrons. The van der Waals surface area contributed by atoms with Gasteiger partial charge in [0.15, 0.2) is 16.6 Å². The van der Waals surface area contributed by atoms with Gasteiger partial charge in [0.25, 0.3) is 10.0 Å². The predicted molar refractivity (Wildman–Crippen MR) is 104 cm³/mol. The highest BCUT2D eigenvalue weighted by molar-refractivity contribution is 7.89. The number of hydrogen-bond acceptors (Lipinski definition) is 7. The summed E-state index contributed by atoms with van der Waals surface area (Å²) in [5.41, 5.74) is 1.75. The molecule has 4 heterocycles. The van der Waals surface area contributed by atoms with Crippen LogP contribution in [0.25, 0.3) is 0 Å². The van der Waals surface area contributed by atoms with Crippen LogP contribution < -0.4 is 5.32 Å². The summed E-state index contributed by atoms with van der Waals surface area (Å²) < 4.78 is 29.3. The summed E-state index contributed by atoms with van der Waals surface area (Å²) in [5.74, 6) is 0.783. The van der Waals surface area contributed by atoms with Gasteiger partial charge >= 0.3 is 0 Å². The summed E-state index contributed by atoms with van der Waals surface area (Å²) in [7, 11) is -2.05. The van der Waals surface area contributed by atoms with Gasteiger partial charge in [0.05, 0.1) is 6.54 Å². The van der Waals surface area contributed by atoms with Crippen LogP contribution in [0.3, 0.4) is 0 Å². The van der Waals surface area contributed by atoms with Gasteiger partial charge in [-0.2, -0.15) is 14.5 Å². The normalized spacial score (nSPS) is 28.9. The Balaban J connectivity index is 1.59. The fourth-order valence-electron chi connectivity index (χ4n) is 5.16. The molecular weight excluding hydrogens is 392 g/mol. The third-order valence-corrected chi connectivity index (χ3v) is 8.15. The molecule has 1 atom stereocenters. The van der Waals surface area contributed by atoms with Gasteiger partial charge in [0.2, 0.25) is 0 Å². The topological polar surface area (TPSA) is 109 Å². The number of Topliss-reactive ketones (excluding diaryl/α,β-unsaturated/α-hetero) is 1. The number of carbonyl (C=O) groups excluding carboxylic acids is 1. The molecule has 1 aromatic rings. The molecule has 0 aromatic carbocycles. The van der Waals surface area contributed by atoms with Crippen LogP contribution in [0.1, 0.15) is 33.1 Å². The fraction of sp³-hybridized carbons (Fsp3) is 0.579. The first-order valence-corrected chi connectivity index (χ1v) is 11.2. The summed E-state index contributed by atoms with van der Waals surface area (Å²) in [5, 5.41) is 15.9. The van der Waals surface area contributed by atoms with Crippen molar-refractivity contribution in [2.75, 3.05) is 19.6 Å². The molecule has 29 heavy (non-hydrogen) atoms. The summed E-state index contributed by atoms with van der Waals surface area (Å²) in [6.07, 6.45) is 3.36. The first-order valence-electron chi connectivity index (χ1n) is 9.77. The number of fused-ring (bicyclic) bond motifs is 2. The minimum absolute atomic E-state index is 0.0336. The van der Waals surface area contributed by atoms with E-state index < -0.39 is 15.4 Å². The molecule has 5 rings (SSSR count). The van der Waals surface area contributed by atoms with Gasteiger partial charge in [0.1, 0.15) is 0 Å². The average Bonchev–Trinajstić information content (AvgIpc) is 3.33.